The number of benzene rings is 2. The molecule has 0 aliphatic heterocycles. The van der Waals surface area contributed by atoms with Gasteiger partial charge in [0.1, 0.15) is 17.2 Å². The quantitative estimate of drug-likeness (QED) is 0.660. The number of pyridine rings is 1. The molecule has 0 atom stereocenters. The molecule has 0 bridgehead atoms. The van der Waals surface area contributed by atoms with Crippen molar-refractivity contribution in [2.75, 3.05) is 14.2 Å². The van der Waals surface area contributed by atoms with E-state index in [4.69, 9.17) is 9.47 Å². The van der Waals surface area contributed by atoms with Crippen LogP contribution in [-0.4, -0.2) is 25.5 Å². The van der Waals surface area contributed by atoms with Crippen molar-refractivity contribution in [3.8, 4) is 33.9 Å². The summed E-state index contributed by atoms with van der Waals surface area (Å²) in [7, 11) is 3.27. The van der Waals surface area contributed by atoms with Gasteiger partial charge in [0.15, 0.2) is 6.29 Å². The zero-order valence-electron chi connectivity index (χ0n) is 13.5. The van der Waals surface area contributed by atoms with Crippen LogP contribution in [0.25, 0.3) is 22.4 Å². The van der Waals surface area contributed by atoms with Gasteiger partial charge >= 0.3 is 0 Å². The SMILES string of the molecule is COc1ccc(-c2ccc(C=O)nc2-c2ccc(OC)cc2)cc1. The number of carbonyl (C=O) groups is 1. The van der Waals surface area contributed by atoms with E-state index in [0.717, 1.165) is 40.2 Å². The largest absolute Gasteiger partial charge is 0.497 e. The molecule has 4 heteroatoms. The maximum atomic E-state index is 11.1. The summed E-state index contributed by atoms with van der Waals surface area (Å²) in [4.78, 5) is 15.6. The highest BCUT2D eigenvalue weighted by atomic mass is 16.5. The van der Waals surface area contributed by atoms with Crippen LogP contribution in [0.5, 0.6) is 11.5 Å². The van der Waals surface area contributed by atoms with Crippen molar-refractivity contribution in [1.82, 2.24) is 4.98 Å². The number of aromatic nitrogens is 1. The first-order valence-electron chi connectivity index (χ1n) is 7.50. The monoisotopic (exact) mass is 319 g/mol. The molecule has 3 aromatic rings. The summed E-state index contributed by atoms with van der Waals surface area (Å²) in [5.74, 6) is 1.57. The molecule has 0 saturated carbocycles. The first-order chi connectivity index (χ1) is 11.7. The van der Waals surface area contributed by atoms with E-state index in [1.54, 1.807) is 20.3 Å². The normalized spacial score (nSPS) is 10.2. The van der Waals surface area contributed by atoms with E-state index in [-0.39, 0.29) is 0 Å². The van der Waals surface area contributed by atoms with Crippen molar-refractivity contribution in [1.29, 1.82) is 0 Å². The van der Waals surface area contributed by atoms with Crippen LogP contribution < -0.4 is 9.47 Å². The molecule has 0 amide bonds. The van der Waals surface area contributed by atoms with Crippen molar-refractivity contribution < 1.29 is 14.3 Å². The number of rotatable bonds is 5. The molecule has 0 N–H and O–H groups in total. The minimum Gasteiger partial charge on any atom is -0.497 e. The lowest BCUT2D eigenvalue weighted by Crippen LogP contribution is -1.95. The molecule has 0 aliphatic carbocycles. The maximum Gasteiger partial charge on any atom is 0.168 e. The van der Waals surface area contributed by atoms with Crippen LogP contribution in [-0.2, 0) is 0 Å². The minimum absolute atomic E-state index is 0.401. The van der Waals surface area contributed by atoms with Crippen molar-refractivity contribution in [2.45, 2.75) is 0 Å². The highest BCUT2D eigenvalue weighted by Crippen LogP contribution is 2.32. The van der Waals surface area contributed by atoms with E-state index in [1.807, 2.05) is 54.6 Å². The highest BCUT2D eigenvalue weighted by molar-refractivity contribution is 5.84. The number of ether oxygens (including phenoxy) is 2. The Morgan fingerprint density at radius 1 is 0.750 bits per heavy atom. The van der Waals surface area contributed by atoms with Crippen molar-refractivity contribution >= 4 is 6.29 Å². The van der Waals surface area contributed by atoms with Crippen LogP contribution in [0.3, 0.4) is 0 Å². The zero-order valence-corrected chi connectivity index (χ0v) is 13.5. The van der Waals surface area contributed by atoms with Crippen LogP contribution in [0, 0.1) is 0 Å². The fourth-order valence-electron chi connectivity index (χ4n) is 2.51. The Morgan fingerprint density at radius 2 is 1.29 bits per heavy atom. The molecule has 24 heavy (non-hydrogen) atoms. The molecule has 120 valence electrons. The summed E-state index contributed by atoms with van der Waals surface area (Å²) in [5, 5.41) is 0. The number of nitrogens with zero attached hydrogens (tertiary/aromatic N) is 1. The van der Waals surface area contributed by atoms with Crippen molar-refractivity contribution in [3.05, 3.63) is 66.4 Å². The van der Waals surface area contributed by atoms with E-state index in [9.17, 15) is 4.79 Å². The molecule has 0 aliphatic rings. The fourth-order valence-corrected chi connectivity index (χ4v) is 2.51. The Hall–Kier alpha value is -3.14. The zero-order chi connectivity index (χ0) is 16.9. The van der Waals surface area contributed by atoms with Gasteiger partial charge in [-0.2, -0.15) is 0 Å². The summed E-state index contributed by atoms with van der Waals surface area (Å²) >= 11 is 0. The van der Waals surface area contributed by atoms with Gasteiger partial charge in [-0.15, -0.1) is 0 Å². The van der Waals surface area contributed by atoms with Crippen LogP contribution in [0.4, 0.5) is 0 Å². The lowest BCUT2D eigenvalue weighted by atomic mass is 9.98. The molecular weight excluding hydrogens is 302 g/mol. The third kappa shape index (κ3) is 3.13. The van der Waals surface area contributed by atoms with Gasteiger partial charge in [-0.05, 0) is 54.1 Å². The summed E-state index contributed by atoms with van der Waals surface area (Å²) in [6.45, 7) is 0. The number of hydrogen-bond donors (Lipinski definition) is 0. The fraction of sp³-hybridized carbons (Fsp3) is 0.100. The number of carbonyl (C=O) groups excluding carboxylic acids is 1. The predicted octanol–water partition coefficient (Wildman–Crippen LogP) is 4.25. The highest BCUT2D eigenvalue weighted by Gasteiger charge is 2.11. The second kappa shape index (κ2) is 6.96. The van der Waals surface area contributed by atoms with Gasteiger partial charge in [-0.1, -0.05) is 12.1 Å². The first kappa shape index (κ1) is 15.7. The number of aldehydes is 1. The van der Waals surface area contributed by atoms with Gasteiger partial charge in [0.05, 0.1) is 19.9 Å². The average molecular weight is 319 g/mol. The first-order valence-corrected chi connectivity index (χ1v) is 7.50. The maximum absolute atomic E-state index is 11.1. The molecule has 0 unspecified atom stereocenters. The smallest absolute Gasteiger partial charge is 0.168 e. The summed E-state index contributed by atoms with van der Waals surface area (Å²) in [5.41, 5.74) is 4.04. The molecule has 2 aromatic carbocycles. The standard InChI is InChI=1S/C20H17NO3/c1-23-17-8-3-14(4-9-17)19-12-7-16(13-22)21-20(19)15-5-10-18(24-2)11-6-15/h3-13H,1-2H3. The summed E-state index contributed by atoms with van der Waals surface area (Å²) in [6, 6.07) is 19.0. The van der Waals surface area contributed by atoms with E-state index < -0.39 is 0 Å². The van der Waals surface area contributed by atoms with Crippen LogP contribution in [0.2, 0.25) is 0 Å². The Labute approximate surface area is 140 Å². The van der Waals surface area contributed by atoms with E-state index in [0.29, 0.717) is 5.69 Å². The predicted molar refractivity (Wildman–Crippen MR) is 93.6 cm³/mol. The topological polar surface area (TPSA) is 48.4 Å². The summed E-state index contributed by atoms with van der Waals surface area (Å²) in [6.07, 6.45) is 0.755. The van der Waals surface area contributed by atoms with Gasteiger partial charge in [-0.3, -0.25) is 4.79 Å². The third-order valence-corrected chi connectivity index (χ3v) is 3.80. The van der Waals surface area contributed by atoms with E-state index >= 15 is 0 Å². The molecule has 0 saturated heterocycles. The van der Waals surface area contributed by atoms with Gasteiger partial charge in [0.25, 0.3) is 0 Å². The molecule has 0 spiro atoms. The second-order valence-electron chi connectivity index (χ2n) is 5.21. The van der Waals surface area contributed by atoms with Gasteiger partial charge in [-0.25, -0.2) is 4.98 Å². The van der Waals surface area contributed by atoms with Crippen molar-refractivity contribution in [2.24, 2.45) is 0 Å². The van der Waals surface area contributed by atoms with E-state index in [1.165, 1.54) is 0 Å². The molecule has 0 fully saturated rings. The summed E-state index contributed by atoms with van der Waals surface area (Å²) < 4.78 is 10.4. The number of methoxy groups -OCH3 is 2. The Bertz CT molecular complexity index is 840. The molecular formula is C20H17NO3. The van der Waals surface area contributed by atoms with Crippen molar-refractivity contribution in [3.63, 3.8) is 0 Å². The lowest BCUT2D eigenvalue weighted by Gasteiger charge is -2.11. The van der Waals surface area contributed by atoms with Gasteiger partial charge < -0.3 is 9.47 Å². The average Bonchev–Trinajstić information content (AvgIpc) is 2.67. The molecule has 0 radical (unpaired) electrons. The third-order valence-electron chi connectivity index (χ3n) is 3.80. The second-order valence-corrected chi connectivity index (χ2v) is 5.21. The molecule has 3 rings (SSSR count). The molecule has 1 aromatic heterocycles. The lowest BCUT2D eigenvalue weighted by molar-refractivity contribution is 0.111. The molecule has 4 nitrogen and oxygen atoms in total. The van der Waals surface area contributed by atoms with Crippen LogP contribution in [0.1, 0.15) is 10.5 Å². The Morgan fingerprint density at radius 3 is 1.79 bits per heavy atom. The number of hydrogen-bond acceptors (Lipinski definition) is 4. The molecule has 1 heterocycles. The van der Waals surface area contributed by atoms with E-state index in [2.05, 4.69) is 4.98 Å². The van der Waals surface area contributed by atoms with Crippen LogP contribution >= 0.6 is 0 Å². The minimum atomic E-state index is 0.401. The van der Waals surface area contributed by atoms with Crippen LogP contribution in [0.15, 0.2) is 60.7 Å². The van der Waals surface area contributed by atoms with Gasteiger partial charge in [0, 0.05) is 11.1 Å². The Balaban J connectivity index is 2.12. The Kier molecular flexibility index (Phi) is 4.57. The van der Waals surface area contributed by atoms with Gasteiger partial charge in [0.2, 0.25) is 0 Å².